The maximum atomic E-state index is 11.0. The zero-order chi connectivity index (χ0) is 14.0. The van der Waals surface area contributed by atoms with Crippen molar-refractivity contribution >= 4 is 23.3 Å². The average molecular weight is 278 g/mol. The molecule has 0 amide bonds. The molecule has 0 aliphatic heterocycles. The molecule has 0 aromatic heterocycles. The number of nitrogens with zero attached hydrogens (tertiary/aromatic N) is 1. The van der Waals surface area contributed by atoms with Gasteiger partial charge >= 0.3 is 5.97 Å². The van der Waals surface area contributed by atoms with Gasteiger partial charge in [-0.2, -0.15) is 0 Å². The van der Waals surface area contributed by atoms with Crippen molar-refractivity contribution in [3.63, 3.8) is 0 Å². The van der Waals surface area contributed by atoms with Gasteiger partial charge in [0.15, 0.2) is 0 Å². The van der Waals surface area contributed by atoms with Gasteiger partial charge in [0.05, 0.1) is 16.1 Å². The van der Waals surface area contributed by atoms with Crippen LogP contribution in [0.3, 0.4) is 0 Å². The normalized spacial score (nSPS) is 10.2. The Hall–Kier alpha value is -2.40. The van der Waals surface area contributed by atoms with Gasteiger partial charge in [0, 0.05) is 11.1 Å². The second-order valence-corrected chi connectivity index (χ2v) is 4.24. The highest BCUT2D eigenvalue weighted by Gasteiger charge is 2.18. The first-order valence-corrected chi connectivity index (χ1v) is 5.64. The van der Waals surface area contributed by atoms with Crippen LogP contribution in [0.5, 0.6) is 0 Å². The molecule has 6 heteroatoms. The first-order chi connectivity index (χ1) is 8.99. The zero-order valence-electron chi connectivity index (χ0n) is 9.54. The lowest BCUT2D eigenvalue weighted by Gasteiger charge is -2.04. The van der Waals surface area contributed by atoms with E-state index >= 15 is 0 Å². The fraction of sp³-hybridized carbons (Fsp3) is 0. The van der Waals surface area contributed by atoms with E-state index in [1.807, 2.05) is 0 Å². The summed E-state index contributed by atoms with van der Waals surface area (Å²) in [5, 5.41) is 20.4. The third-order valence-corrected chi connectivity index (χ3v) is 2.85. The van der Waals surface area contributed by atoms with Gasteiger partial charge < -0.3 is 5.11 Å². The molecule has 19 heavy (non-hydrogen) atoms. The Bertz CT molecular complexity index is 652. The number of aromatic carboxylic acids is 1. The standard InChI is InChI=1S/C13H8ClNO4/c14-10-4-1-8(2-5-10)11-6-3-9(13(16)17)7-12(11)15(18)19/h1-7H,(H,16,17). The van der Waals surface area contributed by atoms with Crippen LogP contribution in [0.15, 0.2) is 42.5 Å². The lowest BCUT2D eigenvalue weighted by molar-refractivity contribution is -0.384. The third kappa shape index (κ3) is 2.71. The Kier molecular flexibility index (Phi) is 3.48. The molecular formula is C13H8ClNO4. The molecule has 96 valence electrons. The Morgan fingerprint density at radius 2 is 1.79 bits per heavy atom. The van der Waals surface area contributed by atoms with E-state index in [0.29, 0.717) is 16.1 Å². The monoisotopic (exact) mass is 277 g/mol. The summed E-state index contributed by atoms with van der Waals surface area (Å²) in [6.45, 7) is 0. The van der Waals surface area contributed by atoms with E-state index in [1.54, 1.807) is 24.3 Å². The number of rotatable bonds is 3. The Morgan fingerprint density at radius 3 is 2.32 bits per heavy atom. The number of carboxylic acid groups (broad SMARTS) is 1. The van der Waals surface area contributed by atoms with Crippen LogP contribution in [-0.2, 0) is 0 Å². The summed E-state index contributed by atoms with van der Waals surface area (Å²) < 4.78 is 0. The molecule has 2 aromatic carbocycles. The van der Waals surface area contributed by atoms with Crippen LogP contribution >= 0.6 is 11.6 Å². The number of halogens is 1. The van der Waals surface area contributed by atoms with Crippen molar-refractivity contribution in [2.24, 2.45) is 0 Å². The maximum Gasteiger partial charge on any atom is 0.335 e. The number of carboxylic acids is 1. The second kappa shape index (κ2) is 5.07. The van der Waals surface area contributed by atoms with E-state index in [-0.39, 0.29) is 11.3 Å². The van der Waals surface area contributed by atoms with Crippen molar-refractivity contribution in [1.29, 1.82) is 0 Å². The summed E-state index contributed by atoms with van der Waals surface area (Å²) in [5.74, 6) is -1.20. The molecule has 0 aliphatic rings. The van der Waals surface area contributed by atoms with E-state index in [2.05, 4.69) is 0 Å². The van der Waals surface area contributed by atoms with Gasteiger partial charge in [-0.05, 0) is 29.8 Å². The van der Waals surface area contributed by atoms with E-state index in [1.165, 1.54) is 12.1 Å². The second-order valence-electron chi connectivity index (χ2n) is 3.80. The van der Waals surface area contributed by atoms with Crippen LogP contribution in [0.25, 0.3) is 11.1 Å². The highest BCUT2D eigenvalue weighted by molar-refractivity contribution is 6.30. The molecule has 0 bridgehead atoms. The number of hydrogen-bond acceptors (Lipinski definition) is 3. The summed E-state index contributed by atoms with van der Waals surface area (Å²) in [7, 11) is 0. The summed E-state index contributed by atoms with van der Waals surface area (Å²) in [6.07, 6.45) is 0. The van der Waals surface area contributed by atoms with E-state index in [0.717, 1.165) is 6.07 Å². The van der Waals surface area contributed by atoms with E-state index < -0.39 is 10.9 Å². The van der Waals surface area contributed by atoms with Gasteiger partial charge in [-0.25, -0.2) is 4.79 Å². The highest BCUT2D eigenvalue weighted by Crippen LogP contribution is 2.31. The fourth-order valence-electron chi connectivity index (χ4n) is 1.69. The van der Waals surface area contributed by atoms with Crippen molar-refractivity contribution in [3.8, 4) is 11.1 Å². The minimum absolute atomic E-state index is 0.121. The molecule has 2 rings (SSSR count). The van der Waals surface area contributed by atoms with E-state index in [9.17, 15) is 14.9 Å². The fourth-order valence-corrected chi connectivity index (χ4v) is 1.82. The zero-order valence-corrected chi connectivity index (χ0v) is 10.3. The Labute approximate surface area is 113 Å². The molecule has 0 spiro atoms. The average Bonchev–Trinajstić information content (AvgIpc) is 2.38. The van der Waals surface area contributed by atoms with Crippen LogP contribution in [0.2, 0.25) is 5.02 Å². The molecule has 5 nitrogen and oxygen atoms in total. The maximum absolute atomic E-state index is 11.0. The lowest BCUT2D eigenvalue weighted by Crippen LogP contribution is -1.99. The molecule has 0 saturated carbocycles. The largest absolute Gasteiger partial charge is 0.478 e. The third-order valence-electron chi connectivity index (χ3n) is 2.60. The Balaban J connectivity index is 2.59. The van der Waals surface area contributed by atoms with Crippen molar-refractivity contribution in [2.45, 2.75) is 0 Å². The first-order valence-electron chi connectivity index (χ1n) is 5.26. The van der Waals surface area contributed by atoms with Crippen molar-refractivity contribution < 1.29 is 14.8 Å². The topological polar surface area (TPSA) is 80.4 Å². The van der Waals surface area contributed by atoms with Crippen LogP contribution in [-0.4, -0.2) is 16.0 Å². The molecule has 0 unspecified atom stereocenters. The number of nitro groups is 1. The molecule has 2 aromatic rings. The Morgan fingerprint density at radius 1 is 1.16 bits per heavy atom. The first kappa shape index (κ1) is 13.0. The molecule has 1 N–H and O–H groups in total. The molecule has 0 fully saturated rings. The smallest absolute Gasteiger partial charge is 0.335 e. The van der Waals surface area contributed by atoms with Crippen LogP contribution in [0.4, 0.5) is 5.69 Å². The van der Waals surface area contributed by atoms with Gasteiger partial charge in [0.1, 0.15) is 0 Å². The van der Waals surface area contributed by atoms with Crippen LogP contribution in [0, 0.1) is 10.1 Å². The highest BCUT2D eigenvalue weighted by atomic mass is 35.5. The summed E-state index contributed by atoms with van der Waals surface area (Å²) in [6, 6.07) is 10.3. The predicted octanol–water partition coefficient (Wildman–Crippen LogP) is 3.61. The van der Waals surface area contributed by atoms with Crippen molar-refractivity contribution in [1.82, 2.24) is 0 Å². The molecule has 0 heterocycles. The van der Waals surface area contributed by atoms with Gasteiger partial charge in [0.25, 0.3) is 5.69 Å². The number of carbonyl (C=O) groups is 1. The SMILES string of the molecule is O=C(O)c1ccc(-c2ccc(Cl)cc2)c([N+](=O)[O-])c1. The van der Waals surface area contributed by atoms with Crippen LogP contribution < -0.4 is 0 Å². The minimum atomic E-state index is -1.20. The van der Waals surface area contributed by atoms with Gasteiger partial charge in [0.2, 0.25) is 0 Å². The molecule has 0 saturated heterocycles. The minimum Gasteiger partial charge on any atom is -0.478 e. The van der Waals surface area contributed by atoms with Gasteiger partial charge in [-0.15, -0.1) is 0 Å². The summed E-state index contributed by atoms with van der Waals surface area (Å²) in [5.41, 5.74) is 0.589. The lowest BCUT2D eigenvalue weighted by atomic mass is 10.0. The molecule has 0 aliphatic carbocycles. The molecule has 0 radical (unpaired) electrons. The molecule has 0 atom stereocenters. The number of nitro benzene ring substituents is 1. The quantitative estimate of drug-likeness (QED) is 0.686. The molecular weight excluding hydrogens is 270 g/mol. The number of hydrogen-bond donors (Lipinski definition) is 1. The predicted molar refractivity (Wildman–Crippen MR) is 70.5 cm³/mol. The van der Waals surface area contributed by atoms with Crippen molar-refractivity contribution in [2.75, 3.05) is 0 Å². The van der Waals surface area contributed by atoms with Gasteiger partial charge in [-0.1, -0.05) is 23.7 Å². The van der Waals surface area contributed by atoms with Crippen molar-refractivity contribution in [3.05, 3.63) is 63.2 Å². The summed E-state index contributed by atoms with van der Waals surface area (Å²) in [4.78, 5) is 21.3. The van der Waals surface area contributed by atoms with Gasteiger partial charge in [-0.3, -0.25) is 10.1 Å². The van der Waals surface area contributed by atoms with Crippen LogP contribution in [0.1, 0.15) is 10.4 Å². The number of benzene rings is 2. The summed E-state index contributed by atoms with van der Waals surface area (Å²) >= 11 is 5.76. The van der Waals surface area contributed by atoms with E-state index in [4.69, 9.17) is 16.7 Å².